The van der Waals surface area contributed by atoms with Crippen LogP contribution < -0.4 is 68.9 Å². The van der Waals surface area contributed by atoms with Gasteiger partial charge in [-0.2, -0.15) is 0 Å². The SMILES string of the molecule is CCC(C)OP(=O)([O-])[O-].[Na+].[Na+]. The second kappa shape index (κ2) is 8.70. The molecule has 0 N–H and O–H groups in total. The van der Waals surface area contributed by atoms with E-state index in [0.29, 0.717) is 6.42 Å². The van der Waals surface area contributed by atoms with Crippen molar-refractivity contribution in [3.05, 3.63) is 0 Å². The van der Waals surface area contributed by atoms with E-state index in [2.05, 4.69) is 4.52 Å². The van der Waals surface area contributed by atoms with Gasteiger partial charge in [0.1, 0.15) is 0 Å². The van der Waals surface area contributed by atoms with Gasteiger partial charge in [0.2, 0.25) is 0 Å². The Morgan fingerprint density at radius 3 is 1.91 bits per heavy atom. The summed E-state index contributed by atoms with van der Waals surface area (Å²) in [6, 6.07) is 0. The van der Waals surface area contributed by atoms with Crippen molar-refractivity contribution in [1.82, 2.24) is 0 Å². The van der Waals surface area contributed by atoms with Crippen LogP contribution in [0, 0.1) is 0 Å². The molecule has 0 aliphatic carbocycles. The predicted octanol–water partition coefficient (Wildman–Crippen LogP) is -6.36. The van der Waals surface area contributed by atoms with Crippen LogP contribution in [0.25, 0.3) is 0 Å². The van der Waals surface area contributed by atoms with Crippen LogP contribution >= 0.6 is 7.82 Å². The Labute approximate surface area is 111 Å². The minimum Gasteiger partial charge on any atom is -0.790 e. The number of phosphoric acid groups is 1. The van der Waals surface area contributed by atoms with Gasteiger partial charge in [0, 0.05) is 0 Å². The summed E-state index contributed by atoms with van der Waals surface area (Å²) in [5.41, 5.74) is 0. The maximum absolute atomic E-state index is 9.85. The van der Waals surface area contributed by atoms with Crippen molar-refractivity contribution in [2.75, 3.05) is 0 Å². The van der Waals surface area contributed by atoms with Crippen molar-refractivity contribution in [2.45, 2.75) is 26.4 Å². The van der Waals surface area contributed by atoms with Gasteiger partial charge in [-0.1, -0.05) is 6.92 Å². The van der Waals surface area contributed by atoms with Gasteiger partial charge in [-0.3, -0.25) is 0 Å². The monoisotopic (exact) mass is 198 g/mol. The van der Waals surface area contributed by atoms with Crippen LogP contribution in [0.3, 0.4) is 0 Å². The number of phosphoric ester groups is 1. The Hall–Kier alpha value is 2.11. The number of rotatable bonds is 3. The summed E-state index contributed by atoms with van der Waals surface area (Å²) in [5, 5.41) is 0. The van der Waals surface area contributed by atoms with E-state index >= 15 is 0 Å². The molecule has 0 aliphatic rings. The molecule has 4 nitrogen and oxygen atoms in total. The van der Waals surface area contributed by atoms with Crippen LogP contribution in [0.5, 0.6) is 0 Å². The molecule has 0 radical (unpaired) electrons. The first-order chi connectivity index (χ1) is 3.95. The molecule has 0 amide bonds. The first-order valence-electron chi connectivity index (χ1n) is 2.66. The van der Waals surface area contributed by atoms with Gasteiger partial charge in [0.15, 0.2) is 0 Å². The van der Waals surface area contributed by atoms with Crippen LogP contribution in [0.2, 0.25) is 0 Å². The van der Waals surface area contributed by atoms with Crippen molar-refractivity contribution < 1.29 is 78.0 Å². The molecule has 0 heterocycles. The standard InChI is InChI=1S/C4H11O4P.2Na/c1-3-4(2)8-9(5,6)7;;/h4H,3H2,1-2H3,(H2,5,6,7);;/q;2*+1/p-2. The van der Waals surface area contributed by atoms with Gasteiger partial charge in [-0.15, -0.1) is 0 Å². The van der Waals surface area contributed by atoms with Crippen molar-refractivity contribution in [1.29, 1.82) is 0 Å². The summed E-state index contributed by atoms with van der Waals surface area (Å²) in [4.78, 5) is 19.7. The van der Waals surface area contributed by atoms with Crippen LogP contribution in [-0.2, 0) is 9.09 Å². The summed E-state index contributed by atoms with van der Waals surface area (Å²) in [5.74, 6) is 0. The molecular formula is C4H9Na2O4P. The Morgan fingerprint density at radius 2 is 1.82 bits per heavy atom. The topological polar surface area (TPSA) is 72.4 Å². The first-order valence-corrected chi connectivity index (χ1v) is 4.12. The fraction of sp³-hybridized carbons (Fsp3) is 1.00. The third-order valence-corrected chi connectivity index (χ3v) is 1.50. The average Bonchev–Trinajstić information content (AvgIpc) is 1.62. The van der Waals surface area contributed by atoms with E-state index in [1.165, 1.54) is 6.92 Å². The third kappa shape index (κ3) is 14.9. The fourth-order valence-corrected chi connectivity index (χ4v) is 0.885. The minimum absolute atomic E-state index is 0. The molecule has 11 heavy (non-hydrogen) atoms. The van der Waals surface area contributed by atoms with E-state index in [9.17, 15) is 14.4 Å². The molecule has 0 aromatic rings. The molecule has 1 atom stereocenters. The molecule has 0 fully saturated rings. The number of hydrogen-bond donors (Lipinski definition) is 0. The fourth-order valence-electron chi connectivity index (χ4n) is 0.295. The average molecular weight is 198 g/mol. The summed E-state index contributed by atoms with van der Waals surface area (Å²) >= 11 is 0. The summed E-state index contributed by atoms with van der Waals surface area (Å²) in [7, 11) is -4.74. The second-order valence-corrected chi connectivity index (χ2v) is 2.88. The minimum atomic E-state index is -4.74. The molecule has 56 valence electrons. The molecule has 0 aliphatic heterocycles. The van der Waals surface area contributed by atoms with Gasteiger partial charge in [-0.05, 0) is 13.3 Å². The van der Waals surface area contributed by atoms with E-state index in [0.717, 1.165) is 0 Å². The van der Waals surface area contributed by atoms with Crippen LogP contribution in [0.15, 0.2) is 0 Å². The molecule has 0 bridgehead atoms. The van der Waals surface area contributed by atoms with Crippen molar-refractivity contribution in [2.24, 2.45) is 0 Å². The second-order valence-electron chi connectivity index (χ2n) is 1.77. The number of hydrogen-bond acceptors (Lipinski definition) is 4. The van der Waals surface area contributed by atoms with Crippen LogP contribution in [0.1, 0.15) is 20.3 Å². The molecular weight excluding hydrogens is 189 g/mol. The quantitative estimate of drug-likeness (QED) is 0.334. The van der Waals surface area contributed by atoms with Crippen molar-refractivity contribution in [3.63, 3.8) is 0 Å². The van der Waals surface area contributed by atoms with E-state index in [1.807, 2.05) is 0 Å². The normalized spacial score (nSPS) is 12.7. The maximum atomic E-state index is 9.85. The first kappa shape index (κ1) is 18.8. The molecule has 7 heteroatoms. The molecule has 0 rings (SSSR count). The zero-order valence-corrected chi connectivity index (χ0v) is 12.3. The Kier molecular flexibility index (Phi) is 14.9. The van der Waals surface area contributed by atoms with Gasteiger partial charge in [-0.25, -0.2) is 0 Å². The Balaban J connectivity index is -0.000000320. The molecule has 0 saturated heterocycles. The Morgan fingerprint density at radius 1 is 1.45 bits per heavy atom. The van der Waals surface area contributed by atoms with Crippen LogP contribution in [-0.4, -0.2) is 6.10 Å². The molecule has 0 saturated carbocycles. The van der Waals surface area contributed by atoms with Gasteiger partial charge in [0.25, 0.3) is 0 Å². The van der Waals surface area contributed by atoms with Crippen molar-refractivity contribution >= 4 is 7.82 Å². The van der Waals surface area contributed by atoms with E-state index in [4.69, 9.17) is 0 Å². The summed E-state index contributed by atoms with van der Waals surface area (Å²) < 4.78 is 13.9. The van der Waals surface area contributed by atoms with E-state index < -0.39 is 13.9 Å². The largest absolute Gasteiger partial charge is 1.00 e. The maximum Gasteiger partial charge on any atom is 1.00 e. The predicted molar refractivity (Wildman–Crippen MR) is 28.4 cm³/mol. The zero-order valence-electron chi connectivity index (χ0n) is 7.36. The van der Waals surface area contributed by atoms with Crippen molar-refractivity contribution in [3.8, 4) is 0 Å². The molecule has 0 aromatic heterocycles. The summed E-state index contributed by atoms with van der Waals surface area (Å²) in [6.07, 6.45) is 0.0277. The molecule has 1 unspecified atom stereocenters. The smallest absolute Gasteiger partial charge is 0.790 e. The van der Waals surface area contributed by atoms with E-state index in [-0.39, 0.29) is 59.1 Å². The molecule has 0 spiro atoms. The third-order valence-electron chi connectivity index (χ3n) is 0.884. The summed E-state index contributed by atoms with van der Waals surface area (Å²) in [6.45, 7) is 3.27. The van der Waals surface area contributed by atoms with Gasteiger partial charge >= 0.3 is 59.1 Å². The molecule has 0 aromatic carbocycles. The van der Waals surface area contributed by atoms with E-state index in [1.54, 1.807) is 6.92 Å². The Bertz CT molecular complexity index is 125. The van der Waals surface area contributed by atoms with Gasteiger partial charge in [0.05, 0.1) is 13.9 Å². The van der Waals surface area contributed by atoms with Gasteiger partial charge < -0.3 is 18.9 Å². The van der Waals surface area contributed by atoms with Crippen LogP contribution in [0.4, 0.5) is 0 Å². The zero-order chi connectivity index (χ0) is 7.49.